The molecule has 4 heteroatoms. The predicted octanol–water partition coefficient (Wildman–Crippen LogP) is 4.70. The van der Waals surface area contributed by atoms with E-state index in [4.69, 9.17) is 4.42 Å². The number of furan rings is 1. The number of benzene rings is 2. The topological polar surface area (TPSA) is 42.2 Å². The Labute approximate surface area is 133 Å². The van der Waals surface area contributed by atoms with Crippen LogP contribution in [0.3, 0.4) is 0 Å². The molecule has 0 spiro atoms. The number of fused-ring (bicyclic) bond motifs is 3. The normalized spacial score (nSPS) is 15.3. The van der Waals surface area contributed by atoms with E-state index < -0.39 is 11.0 Å². The van der Waals surface area contributed by atoms with Gasteiger partial charge >= 0.3 is 0 Å². The summed E-state index contributed by atoms with van der Waals surface area (Å²) < 4.78 is 21.0. The fourth-order valence-corrected chi connectivity index (χ4v) is 3.23. The van der Waals surface area contributed by atoms with Crippen LogP contribution in [0.4, 0.5) is 0 Å². The highest BCUT2D eigenvalue weighted by atomic mass is 32.2. The van der Waals surface area contributed by atoms with Crippen molar-refractivity contribution in [2.45, 2.75) is 38.5 Å². The molecular weight excluding hydrogens is 294 g/mol. The molecular formula is C18H21NO2S. The molecule has 0 fully saturated rings. The van der Waals surface area contributed by atoms with Crippen molar-refractivity contribution in [3.63, 3.8) is 0 Å². The van der Waals surface area contributed by atoms with Crippen LogP contribution in [0.5, 0.6) is 0 Å². The Kier molecular flexibility index (Phi) is 3.83. The minimum atomic E-state index is -1.10. The van der Waals surface area contributed by atoms with E-state index in [-0.39, 0.29) is 10.8 Å². The molecule has 1 unspecified atom stereocenters. The van der Waals surface area contributed by atoms with Crippen LogP contribution in [-0.2, 0) is 11.0 Å². The first-order valence-electron chi connectivity index (χ1n) is 7.45. The maximum Gasteiger partial charge on any atom is 0.135 e. The van der Waals surface area contributed by atoms with E-state index in [1.165, 1.54) is 0 Å². The van der Waals surface area contributed by atoms with Gasteiger partial charge in [0.1, 0.15) is 11.2 Å². The molecule has 2 aromatic carbocycles. The van der Waals surface area contributed by atoms with E-state index in [2.05, 4.69) is 22.9 Å². The standard InChI is InChI=1S/C18H21NO2S/c1-12(19-22(20)18(2,3)4)13-9-10-15-14-7-5-6-8-16(14)21-17(15)11-13/h5-12,19H,1-4H3/t12-,22?/m1/s1. The van der Waals surface area contributed by atoms with Gasteiger partial charge < -0.3 is 4.42 Å². The third kappa shape index (κ3) is 2.81. The van der Waals surface area contributed by atoms with Gasteiger partial charge in [0.25, 0.3) is 0 Å². The Hall–Kier alpha value is -1.65. The quantitative estimate of drug-likeness (QED) is 0.761. The van der Waals surface area contributed by atoms with E-state index in [0.717, 1.165) is 27.5 Å². The van der Waals surface area contributed by atoms with Gasteiger partial charge in [0.2, 0.25) is 0 Å². The average Bonchev–Trinajstić information content (AvgIpc) is 2.83. The lowest BCUT2D eigenvalue weighted by Crippen LogP contribution is -2.34. The monoisotopic (exact) mass is 315 g/mol. The van der Waals surface area contributed by atoms with E-state index in [9.17, 15) is 4.21 Å². The fraction of sp³-hybridized carbons (Fsp3) is 0.333. The summed E-state index contributed by atoms with van der Waals surface area (Å²) in [4.78, 5) is 0. The number of hydrogen-bond acceptors (Lipinski definition) is 2. The largest absolute Gasteiger partial charge is 0.456 e. The summed E-state index contributed by atoms with van der Waals surface area (Å²) in [7, 11) is -1.10. The van der Waals surface area contributed by atoms with Crippen molar-refractivity contribution < 1.29 is 8.63 Å². The molecule has 0 saturated heterocycles. The zero-order valence-corrected chi connectivity index (χ0v) is 14.2. The summed E-state index contributed by atoms with van der Waals surface area (Å²) >= 11 is 0. The SMILES string of the molecule is C[C@@H](NS(=O)C(C)(C)C)c1ccc2c(c1)oc1ccccc12. The van der Waals surface area contributed by atoms with Crippen molar-refractivity contribution in [2.75, 3.05) is 0 Å². The van der Waals surface area contributed by atoms with Crippen LogP contribution in [0.15, 0.2) is 46.9 Å². The van der Waals surface area contributed by atoms with Crippen molar-refractivity contribution >= 4 is 32.9 Å². The first kappa shape index (κ1) is 15.3. The van der Waals surface area contributed by atoms with E-state index in [1.807, 2.05) is 52.0 Å². The molecule has 0 aliphatic heterocycles. The maximum absolute atomic E-state index is 12.2. The summed E-state index contributed by atoms with van der Waals surface area (Å²) in [5, 5.41) is 2.24. The first-order valence-corrected chi connectivity index (χ1v) is 8.60. The van der Waals surface area contributed by atoms with Crippen LogP contribution in [0.2, 0.25) is 0 Å². The van der Waals surface area contributed by atoms with Gasteiger partial charge in [-0.15, -0.1) is 0 Å². The minimum absolute atomic E-state index is 0.00216. The molecule has 1 N–H and O–H groups in total. The molecule has 0 radical (unpaired) electrons. The molecule has 3 aromatic rings. The Morgan fingerprint density at radius 1 is 1.05 bits per heavy atom. The summed E-state index contributed by atoms with van der Waals surface area (Å²) in [6.07, 6.45) is 0. The summed E-state index contributed by atoms with van der Waals surface area (Å²) in [6.45, 7) is 7.91. The van der Waals surface area contributed by atoms with Crippen LogP contribution in [0.25, 0.3) is 21.9 Å². The van der Waals surface area contributed by atoms with Gasteiger partial charge in [-0.05, 0) is 45.4 Å². The third-order valence-electron chi connectivity index (χ3n) is 3.74. The van der Waals surface area contributed by atoms with Gasteiger partial charge in [-0.2, -0.15) is 0 Å². The number of nitrogens with one attached hydrogen (secondary N) is 1. The van der Waals surface area contributed by atoms with Gasteiger partial charge in [0.05, 0.1) is 15.7 Å². The Morgan fingerprint density at radius 3 is 2.45 bits per heavy atom. The second-order valence-corrected chi connectivity index (χ2v) is 8.57. The maximum atomic E-state index is 12.2. The zero-order valence-electron chi connectivity index (χ0n) is 13.3. The summed E-state index contributed by atoms with van der Waals surface area (Å²) in [6, 6.07) is 14.2. The highest BCUT2D eigenvalue weighted by molar-refractivity contribution is 7.84. The predicted molar refractivity (Wildman–Crippen MR) is 93.2 cm³/mol. The third-order valence-corrected chi connectivity index (χ3v) is 5.42. The number of rotatable bonds is 3. The highest BCUT2D eigenvalue weighted by Gasteiger charge is 2.22. The molecule has 1 heterocycles. The van der Waals surface area contributed by atoms with Crippen molar-refractivity contribution in [3.8, 4) is 0 Å². The van der Waals surface area contributed by atoms with Gasteiger partial charge in [0.15, 0.2) is 0 Å². The second-order valence-electron chi connectivity index (χ2n) is 6.57. The highest BCUT2D eigenvalue weighted by Crippen LogP contribution is 2.30. The first-order chi connectivity index (χ1) is 10.4. The van der Waals surface area contributed by atoms with Gasteiger partial charge in [0, 0.05) is 16.8 Å². The Bertz CT molecular complexity index is 845. The minimum Gasteiger partial charge on any atom is -0.456 e. The summed E-state index contributed by atoms with van der Waals surface area (Å²) in [5.74, 6) is 0. The number of hydrogen-bond donors (Lipinski definition) is 1. The molecule has 22 heavy (non-hydrogen) atoms. The van der Waals surface area contributed by atoms with Gasteiger partial charge in [-0.25, -0.2) is 8.93 Å². The van der Waals surface area contributed by atoms with Crippen molar-refractivity contribution in [1.82, 2.24) is 4.72 Å². The zero-order chi connectivity index (χ0) is 15.9. The fourth-order valence-electron chi connectivity index (χ4n) is 2.42. The molecule has 116 valence electrons. The van der Waals surface area contributed by atoms with Crippen LogP contribution in [0.1, 0.15) is 39.3 Å². The smallest absolute Gasteiger partial charge is 0.135 e. The molecule has 1 aromatic heterocycles. The van der Waals surface area contributed by atoms with Crippen LogP contribution in [-0.4, -0.2) is 8.96 Å². The molecule has 2 atom stereocenters. The molecule has 0 saturated carbocycles. The lowest BCUT2D eigenvalue weighted by atomic mass is 10.1. The Balaban J connectivity index is 1.95. The lowest BCUT2D eigenvalue weighted by molar-refractivity contribution is 0.615. The van der Waals surface area contributed by atoms with Crippen molar-refractivity contribution in [2.24, 2.45) is 0 Å². The molecule has 0 bridgehead atoms. The van der Waals surface area contributed by atoms with Crippen molar-refractivity contribution in [3.05, 3.63) is 48.0 Å². The molecule has 0 aliphatic carbocycles. The lowest BCUT2D eigenvalue weighted by Gasteiger charge is -2.22. The molecule has 3 nitrogen and oxygen atoms in total. The molecule has 0 amide bonds. The summed E-state index contributed by atoms with van der Waals surface area (Å²) in [5.41, 5.74) is 2.84. The second kappa shape index (κ2) is 5.52. The van der Waals surface area contributed by atoms with E-state index in [0.29, 0.717) is 0 Å². The molecule has 0 aliphatic rings. The van der Waals surface area contributed by atoms with Crippen LogP contribution in [0, 0.1) is 0 Å². The van der Waals surface area contributed by atoms with E-state index in [1.54, 1.807) is 0 Å². The van der Waals surface area contributed by atoms with Gasteiger partial charge in [-0.1, -0.05) is 30.3 Å². The molecule has 3 rings (SSSR count). The van der Waals surface area contributed by atoms with Crippen LogP contribution < -0.4 is 4.72 Å². The van der Waals surface area contributed by atoms with Gasteiger partial charge in [-0.3, -0.25) is 0 Å². The Morgan fingerprint density at radius 2 is 1.73 bits per heavy atom. The number of para-hydroxylation sites is 1. The van der Waals surface area contributed by atoms with Crippen molar-refractivity contribution in [1.29, 1.82) is 0 Å². The average molecular weight is 315 g/mol. The van der Waals surface area contributed by atoms with E-state index >= 15 is 0 Å². The van der Waals surface area contributed by atoms with Crippen LogP contribution >= 0.6 is 0 Å².